The summed E-state index contributed by atoms with van der Waals surface area (Å²) < 4.78 is 0. The predicted octanol–water partition coefficient (Wildman–Crippen LogP) is 3.44. The number of carboxylic acids is 1. The summed E-state index contributed by atoms with van der Waals surface area (Å²) in [5, 5.41) is 11.9. The molecule has 0 bridgehead atoms. The van der Waals surface area contributed by atoms with Gasteiger partial charge in [0.2, 0.25) is 0 Å². The van der Waals surface area contributed by atoms with E-state index in [9.17, 15) is 9.59 Å². The molecular formula is C18H17NO3. The standard InChI is InChI=1S/C18H17NO3/c1-11-9-13(14-10-15(14)18(21)22)7-8-16(11)19-17(20)12-5-3-2-4-6-12/h2-9,14-15H,10H2,1H3,(H,19,20)(H,21,22). The van der Waals surface area contributed by atoms with Crippen LogP contribution in [0.2, 0.25) is 0 Å². The Morgan fingerprint density at radius 1 is 1.14 bits per heavy atom. The molecule has 1 saturated carbocycles. The number of benzene rings is 2. The fourth-order valence-corrected chi connectivity index (χ4v) is 2.68. The number of carbonyl (C=O) groups is 2. The first-order valence-corrected chi connectivity index (χ1v) is 7.26. The SMILES string of the molecule is Cc1cc(C2CC2C(=O)O)ccc1NC(=O)c1ccccc1. The molecule has 2 N–H and O–H groups in total. The van der Waals surface area contributed by atoms with Crippen LogP contribution in [-0.4, -0.2) is 17.0 Å². The van der Waals surface area contributed by atoms with Crippen LogP contribution in [0.4, 0.5) is 5.69 Å². The fourth-order valence-electron chi connectivity index (χ4n) is 2.68. The highest BCUT2D eigenvalue weighted by molar-refractivity contribution is 6.04. The molecule has 2 aromatic carbocycles. The zero-order valence-corrected chi connectivity index (χ0v) is 12.2. The molecule has 0 spiro atoms. The second kappa shape index (κ2) is 5.64. The Morgan fingerprint density at radius 3 is 2.45 bits per heavy atom. The van der Waals surface area contributed by atoms with Crippen LogP contribution >= 0.6 is 0 Å². The maximum Gasteiger partial charge on any atom is 0.307 e. The smallest absolute Gasteiger partial charge is 0.307 e. The second-order valence-electron chi connectivity index (χ2n) is 5.68. The van der Waals surface area contributed by atoms with Crippen molar-refractivity contribution in [1.82, 2.24) is 0 Å². The highest BCUT2D eigenvalue weighted by atomic mass is 16.4. The predicted molar refractivity (Wildman–Crippen MR) is 84.1 cm³/mol. The van der Waals surface area contributed by atoms with Gasteiger partial charge in [0.1, 0.15) is 0 Å². The van der Waals surface area contributed by atoms with Crippen LogP contribution in [-0.2, 0) is 4.79 Å². The molecule has 3 rings (SSSR count). The van der Waals surface area contributed by atoms with Crippen LogP contribution in [0.3, 0.4) is 0 Å². The van der Waals surface area contributed by atoms with Gasteiger partial charge in [0, 0.05) is 11.3 Å². The molecule has 1 aliphatic carbocycles. The number of carboxylic acid groups (broad SMARTS) is 1. The molecule has 2 aromatic rings. The van der Waals surface area contributed by atoms with Gasteiger partial charge in [0.05, 0.1) is 5.92 Å². The van der Waals surface area contributed by atoms with Crippen LogP contribution < -0.4 is 5.32 Å². The highest BCUT2D eigenvalue weighted by Gasteiger charge is 2.44. The third-order valence-corrected chi connectivity index (χ3v) is 4.07. The summed E-state index contributed by atoms with van der Waals surface area (Å²) in [5.74, 6) is -1.03. The van der Waals surface area contributed by atoms with Crippen molar-refractivity contribution in [2.75, 3.05) is 5.32 Å². The molecule has 0 radical (unpaired) electrons. The molecule has 2 atom stereocenters. The van der Waals surface area contributed by atoms with Gasteiger partial charge in [-0.2, -0.15) is 0 Å². The van der Waals surface area contributed by atoms with Crippen molar-refractivity contribution < 1.29 is 14.7 Å². The summed E-state index contributed by atoms with van der Waals surface area (Å²) in [6.45, 7) is 1.92. The van der Waals surface area contributed by atoms with Crippen molar-refractivity contribution in [3.63, 3.8) is 0 Å². The quantitative estimate of drug-likeness (QED) is 0.908. The molecule has 1 amide bonds. The van der Waals surface area contributed by atoms with E-state index >= 15 is 0 Å². The van der Waals surface area contributed by atoms with Crippen molar-refractivity contribution in [1.29, 1.82) is 0 Å². The summed E-state index contributed by atoms with van der Waals surface area (Å²) in [4.78, 5) is 23.1. The minimum Gasteiger partial charge on any atom is -0.481 e. The van der Waals surface area contributed by atoms with Crippen molar-refractivity contribution in [3.8, 4) is 0 Å². The van der Waals surface area contributed by atoms with Gasteiger partial charge in [0.15, 0.2) is 0 Å². The van der Waals surface area contributed by atoms with Gasteiger partial charge in [-0.3, -0.25) is 9.59 Å². The molecular weight excluding hydrogens is 278 g/mol. The molecule has 22 heavy (non-hydrogen) atoms. The van der Waals surface area contributed by atoms with Crippen LogP contribution in [0.25, 0.3) is 0 Å². The number of amides is 1. The molecule has 0 aliphatic heterocycles. The Balaban J connectivity index is 1.73. The zero-order valence-electron chi connectivity index (χ0n) is 12.2. The number of aliphatic carboxylic acids is 1. The van der Waals surface area contributed by atoms with E-state index in [1.54, 1.807) is 12.1 Å². The van der Waals surface area contributed by atoms with E-state index in [4.69, 9.17) is 5.11 Å². The Kier molecular flexibility index (Phi) is 3.67. The van der Waals surface area contributed by atoms with E-state index < -0.39 is 5.97 Å². The molecule has 4 nitrogen and oxygen atoms in total. The first-order chi connectivity index (χ1) is 10.6. The minimum atomic E-state index is -0.732. The number of carbonyl (C=O) groups excluding carboxylic acids is 1. The van der Waals surface area contributed by atoms with E-state index in [2.05, 4.69) is 5.32 Å². The van der Waals surface area contributed by atoms with Crippen molar-refractivity contribution in [2.45, 2.75) is 19.3 Å². The number of anilines is 1. The maximum absolute atomic E-state index is 12.1. The summed E-state index contributed by atoms with van der Waals surface area (Å²) in [6.07, 6.45) is 0.699. The number of hydrogen-bond donors (Lipinski definition) is 2. The summed E-state index contributed by atoms with van der Waals surface area (Å²) in [6, 6.07) is 14.8. The average molecular weight is 295 g/mol. The lowest BCUT2D eigenvalue weighted by Gasteiger charge is -2.10. The van der Waals surface area contributed by atoms with E-state index in [1.165, 1.54) is 0 Å². The molecule has 4 heteroatoms. The number of aryl methyl sites for hydroxylation is 1. The highest BCUT2D eigenvalue weighted by Crippen LogP contribution is 2.48. The normalized spacial score (nSPS) is 19.5. The first-order valence-electron chi connectivity index (χ1n) is 7.26. The van der Waals surface area contributed by atoms with Gasteiger partial charge >= 0.3 is 5.97 Å². The van der Waals surface area contributed by atoms with E-state index in [1.807, 2.05) is 43.3 Å². The lowest BCUT2D eigenvalue weighted by molar-refractivity contribution is -0.138. The van der Waals surface area contributed by atoms with Crippen LogP contribution in [0.5, 0.6) is 0 Å². The van der Waals surface area contributed by atoms with E-state index in [-0.39, 0.29) is 17.7 Å². The van der Waals surface area contributed by atoms with Crippen LogP contribution in [0.1, 0.15) is 33.8 Å². The Morgan fingerprint density at radius 2 is 1.86 bits per heavy atom. The monoisotopic (exact) mass is 295 g/mol. The molecule has 0 saturated heterocycles. The Labute approximate surface area is 128 Å². The first kappa shape index (κ1) is 14.3. The lowest BCUT2D eigenvalue weighted by atomic mass is 10.0. The Bertz CT molecular complexity index is 724. The van der Waals surface area contributed by atoms with Crippen molar-refractivity contribution >= 4 is 17.6 Å². The summed E-state index contributed by atoms with van der Waals surface area (Å²) >= 11 is 0. The van der Waals surface area contributed by atoms with Gasteiger partial charge in [-0.15, -0.1) is 0 Å². The molecule has 1 aliphatic rings. The largest absolute Gasteiger partial charge is 0.481 e. The molecule has 0 heterocycles. The van der Waals surface area contributed by atoms with Crippen molar-refractivity contribution in [3.05, 3.63) is 65.2 Å². The molecule has 1 fully saturated rings. The second-order valence-corrected chi connectivity index (χ2v) is 5.68. The number of nitrogens with one attached hydrogen (secondary N) is 1. The molecule has 0 aromatic heterocycles. The number of rotatable bonds is 4. The van der Waals surface area contributed by atoms with E-state index in [0.717, 1.165) is 16.8 Å². The zero-order chi connectivity index (χ0) is 15.7. The summed E-state index contributed by atoms with van der Waals surface area (Å²) in [5.41, 5.74) is 3.34. The number of hydrogen-bond acceptors (Lipinski definition) is 2. The Hall–Kier alpha value is -2.62. The van der Waals surface area contributed by atoms with Gasteiger partial charge in [0.25, 0.3) is 5.91 Å². The van der Waals surface area contributed by atoms with E-state index in [0.29, 0.717) is 12.0 Å². The maximum atomic E-state index is 12.1. The molecule has 2 unspecified atom stereocenters. The van der Waals surface area contributed by atoms with Gasteiger partial charge in [-0.25, -0.2) is 0 Å². The fraction of sp³-hybridized carbons (Fsp3) is 0.222. The van der Waals surface area contributed by atoms with Crippen molar-refractivity contribution in [2.24, 2.45) is 5.92 Å². The van der Waals surface area contributed by atoms with Gasteiger partial charge in [-0.05, 0) is 48.6 Å². The minimum absolute atomic E-state index is 0.107. The molecule has 112 valence electrons. The topological polar surface area (TPSA) is 66.4 Å². The lowest BCUT2D eigenvalue weighted by Crippen LogP contribution is -2.12. The summed E-state index contributed by atoms with van der Waals surface area (Å²) in [7, 11) is 0. The van der Waals surface area contributed by atoms with Crippen LogP contribution in [0.15, 0.2) is 48.5 Å². The van der Waals surface area contributed by atoms with Gasteiger partial charge in [-0.1, -0.05) is 30.3 Å². The van der Waals surface area contributed by atoms with Crippen LogP contribution in [0, 0.1) is 12.8 Å². The average Bonchev–Trinajstić information content (AvgIpc) is 3.31. The third-order valence-electron chi connectivity index (χ3n) is 4.07. The third kappa shape index (κ3) is 2.86. The van der Waals surface area contributed by atoms with Gasteiger partial charge < -0.3 is 10.4 Å².